The second-order valence-electron chi connectivity index (χ2n) is 5.49. The molecular formula is C16H24N2O2. The zero-order chi connectivity index (χ0) is 14.6. The van der Waals surface area contributed by atoms with E-state index in [2.05, 4.69) is 17.6 Å². The zero-order valence-corrected chi connectivity index (χ0v) is 12.5. The van der Waals surface area contributed by atoms with Crippen molar-refractivity contribution in [3.63, 3.8) is 0 Å². The number of rotatable bonds is 4. The molecule has 2 unspecified atom stereocenters. The van der Waals surface area contributed by atoms with Crippen LogP contribution in [0.2, 0.25) is 0 Å². The van der Waals surface area contributed by atoms with Gasteiger partial charge in [-0.2, -0.15) is 0 Å². The summed E-state index contributed by atoms with van der Waals surface area (Å²) in [5, 5.41) is 6.82. The number of hydrogen-bond acceptors (Lipinski definition) is 4. The molecular weight excluding hydrogens is 252 g/mol. The van der Waals surface area contributed by atoms with E-state index in [4.69, 9.17) is 4.74 Å². The van der Waals surface area contributed by atoms with Crippen molar-refractivity contribution in [2.75, 3.05) is 25.0 Å². The highest BCUT2D eigenvalue weighted by Crippen LogP contribution is 2.31. The van der Waals surface area contributed by atoms with Crippen molar-refractivity contribution < 1.29 is 9.53 Å². The minimum atomic E-state index is -0.632. The van der Waals surface area contributed by atoms with E-state index in [-0.39, 0.29) is 11.9 Å². The molecule has 1 fully saturated rings. The first-order chi connectivity index (χ1) is 9.60. The van der Waals surface area contributed by atoms with Gasteiger partial charge in [-0.15, -0.1) is 0 Å². The highest BCUT2D eigenvalue weighted by Gasteiger charge is 2.46. The molecule has 4 nitrogen and oxygen atoms in total. The lowest BCUT2D eigenvalue weighted by atomic mass is 9.79. The van der Waals surface area contributed by atoms with Gasteiger partial charge in [0, 0.05) is 18.2 Å². The number of hydrogen-bond donors (Lipinski definition) is 2. The Labute approximate surface area is 120 Å². The molecule has 1 aliphatic heterocycles. The largest absolute Gasteiger partial charge is 0.464 e. The fourth-order valence-corrected chi connectivity index (χ4v) is 2.78. The lowest BCUT2D eigenvalue weighted by Crippen LogP contribution is -2.59. The summed E-state index contributed by atoms with van der Waals surface area (Å²) in [6, 6.07) is 8.06. The Morgan fingerprint density at radius 3 is 2.90 bits per heavy atom. The molecule has 0 aromatic heterocycles. The van der Waals surface area contributed by atoms with Crippen LogP contribution in [0, 0.1) is 12.8 Å². The molecule has 1 saturated heterocycles. The third kappa shape index (κ3) is 2.80. The number of para-hydroxylation sites is 1. The highest BCUT2D eigenvalue weighted by molar-refractivity contribution is 5.85. The van der Waals surface area contributed by atoms with Crippen molar-refractivity contribution in [1.29, 1.82) is 0 Å². The van der Waals surface area contributed by atoms with Gasteiger partial charge < -0.3 is 15.4 Å². The van der Waals surface area contributed by atoms with Gasteiger partial charge >= 0.3 is 5.97 Å². The molecule has 1 aromatic carbocycles. The Bertz CT molecular complexity index is 475. The number of benzene rings is 1. The minimum Gasteiger partial charge on any atom is -0.464 e. The third-order valence-corrected chi connectivity index (χ3v) is 4.13. The molecule has 2 atom stereocenters. The van der Waals surface area contributed by atoms with Crippen molar-refractivity contribution in [3.05, 3.63) is 29.8 Å². The van der Waals surface area contributed by atoms with Gasteiger partial charge in [0.1, 0.15) is 5.54 Å². The lowest BCUT2D eigenvalue weighted by Gasteiger charge is -2.42. The van der Waals surface area contributed by atoms with Crippen molar-refractivity contribution >= 4 is 11.7 Å². The van der Waals surface area contributed by atoms with Gasteiger partial charge in [-0.05, 0) is 38.4 Å². The van der Waals surface area contributed by atoms with Gasteiger partial charge in [0.05, 0.1) is 6.61 Å². The molecule has 0 amide bonds. The number of carbonyl (C=O) groups excluding carboxylic acids is 1. The van der Waals surface area contributed by atoms with E-state index in [0.29, 0.717) is 6.61 Å². The lowest BCUT2D eigenvalue weighted by molar-refractivity contribution is -0.151. The van der Waals surface area contributed by atoms with Crippen molar-refractivity contribution in [2.45, 2.75) is 32.7 Å². The number of aryl methyl sites for hydroxylation is 1. The maximum Gasteiger partial charge on any atom is 0.332 e. The summed E-state index contributed by atoms with van der Waals surface area (Å²) in [7, 11) is 0. The van der Waals surface area contributed by atoms with Gasteiger partial charge in [0.15, 0.2) is 0 Å². The Morgan fingerprint density at radius 1 is 1.50 bits per heavy atom. The summed E-state index contributed by atoms with van der Waals surface area (Å²) in [6.07, 6.45) is 0.737. The average Bonchev–Trinajstić information content (AvgIpc) is 2.44. The van der Waals surface area contributed by atoms with Gasteiger partial charge in [-0.25, -0.2) is 4.79 Å². The smallest absolute Gasteiger partial charge is 0.332 e. The first kappa shape index (κ1) is 14.9. The van der Waals surface area contributed by atoms with E-state index in [1.807, 2.05) is 38.1 Å². The van der Waals surface area contributed by atoms with Gasteiger partial charge in [0.25, 0.3) is 0 Å². The third-order valence-electron chi connectivity index (χ3n) is 4.13. The SMILES string of the molecule is CCOC(=O)C1(Nc2ccccc2C)CCNCC1C. The number of esters is 1. The number of carbonyl (C=O) groups is 1. The van der Waals surface area contributed by atoms with Gasteiger partial charge in [-0.1, -0.05) is 25.1 Å². The number of anilines is 1. The number of ether oxygens (including phenoxy) is 1. The van der Waals surface area contributed by atoms with Crippen molar-refractivity contribution in [2.24, 2.45) is 5.92 Å². The molecule has 0 radical (unpaired) electrons. The van der Waals surface area contributed by atoms with Crippen LogP contribution in [0.15, 0.2) is 24.3 Å². The van der Waals surface area contributed by atoms with E-state index in [1.54, 1.807) is 0 Å². The zero-order valence-electron chi connectivity index (χ0n) is 12.5. The molecule has 0 spiro atoms. The normalized spacial score (nSPS) is 26.1. The van der Waals surface area contributed by atoms with Crippen molar-refractivity contribution in [3.8, 4) is 0 Å². The minimum absolute atomic E-state index is 0.141. The monoisotopic (exact) mass is 276 g/mol. The van der Waals surface area contributed by atoms with E-state index in [9.17, 15) is 4.79 Å². The van der Waals surface area contributed by atoms with Crippen molar-refractivity contribution in [1.82, 2.24) is 5.32 Å². The quantitative estimate of drug-likeness (QED) is 0.829. The fraction of sp³-hybridized carbons (Fsp3) is 0.562. The standard InChI is InChI=1S/C16H24N2O2/c1-4-20-15(19)16(9-10-17-11-13(16)3)18-14-8-6-5-7-12(14)2/h5-8,13,17-18H,4,9-11H2,1-3H3. The Morgan fingerprint density at radius 2 is 2.25 bits per heavy atom. The molecule has 1 heterocycles. The summed E-state index contributed by atoms with van der Waals surface area (Å²) in [6.45, 7) is 8.04. The molecule has 0 bridgehead atoms. The molecule has 2 N–H and O–H groups in total. The summed E-state index contributed by atoms with van der Waals surface area (Å²) in [5.41, 5.74) is 1.52. The second kappa shape index (κ2) is 6.27. The Kier molecular flexibility index (Phi) is 4.65. The maximum atomic E-state index is 12.5. The van der Waals surface area contributed by atoms with Crippen LogP contribution in [0.5, 0.6) is 0 Å². The molecule has 0 saturated carbocycles. The molecule has 1 aliphatic rings. The second-order valence-corrected chi connectivity index (χ2v) is 5.49. The molecule has 1 aromatic rings. The van der Waals surface area contributed by atoms with Crippen LogP contribution in [-0.4, -0.2) is 31.2 Å². The van der Waals surface area contributed by atoms with Crippen LogP contribution in [0.1, 0.15) is 25.8 Å². The van der Waals surface area contributed by atoms with Crippen LogP contribution in [-0.2, 0) is 9.53 Å². The van der Waals surface area contributed by atoms with Crippen LogP contribution in [0.25, 0.3) is 0 Å². The van der Waals surface area contributed by atoms with E-state index in [0.717, 1.165) is 30.8 Å². The Hall–Kier alpha value is -1.55. The Balaban J connectivity index is 2.31. The van der Waals surface area contributed by atoms with Gasteiger partial charge in [-0.3, -0.25) is 0 Å². The maximum absolute atomic E-state index is 12.5. The first-order valence-electron chi connectivity index (χ1n) is 7.32. The predicted molar refractivity (Wildman–Crippen MR) is 80.8 cm³/mol. The highest BCUT2D eigenvalue weighted by atomic mass is 16.5. The fourth-order valence-electron chi connectivity index (χ4n) is 2.78. The molecule has 4 heteroatoms. The summed E-state index contributed by atoms with van der Waals surface area (Å²) in [5.74, 6) is 0.0344. The van der Waals surface area contributed by atoms with E-state index >= 15 is 0 Å². The number of piperidine rings is 1. The van der Waals surface area contributed by atoms with E-state index < -0.39 is 5.54 Å². The number of nitrogens with one attached hydrogen (secondary N) is 2. The van der Waals surface area contributed by atoms with E-state index in [1.165, 1.54) is 0 Å². The summed E-state index contributed by atoms with van der Waals surface area (Å²) in [4.78, 5) is 12.5. The summed E-state index contributed by atoms with van der Waals surface area (Å²) < 4.78 is 5.34. The van der Waals surface area contributed by atoms with Crippen LogP contribution in [0.4, 0.5) is 5.69 Å². The molecule has 2 rings (SSSR count). The molecule has 20 heavy (non-hydrogen) atoms. The average molecular weight is 276 g/mol. The van der Waals surface area contributed by atoms with Crippen LogP contribution >= 0.6 is 0 Å². The first-order valence-corrected chi connectivity index (χ1v) is 7.32. The summed E-state index contributed by atoms with van der Waals surface area (Å²) >= 11 is 0. The van der Waals surface area contributed by atoms with Crippen LogP contribution < -0.4 is 10.6 Å². The van der Waals surface area contributed by atoms with Crippen LogP contribution in [0.3, 0.4) is 0 Å². The predicted octanol–water partition coefficient (Wildman–Crippen LogP) is 2.34. The van der Waals surface area contributed by atoms with Gasteiger partial charge in [0.2, 0.25) is 0 Å². The molecule has 110 valence electrons. The molecule has 0 aliphatic carbocycles. The topological polar surface area (TPSA) is 50.4 Å².